The number of urea groups is 1. The number of hydrogen-bond acceptors (Lipinski definition) is 3. The van der Waals surface area contributed by atoms with Crippen LogP contribution in [0.1, 0.15) is 24.3 Å². The number of anilines is 1. The van der Waals surface area contributed by atoms with E-state index in [1.54, 1.807) is 24.1 Å². The predicted molar refractivity (Wildman–Crippen MR) is 100 cm³/mol. The van der Waals surface area contributed by atoms with Crippen molar-refractivity contribution in [3.05, 3.63) is 58.5 Å². The van der Waals surface area contributed by atoms with Crippen molar-refractivity contribution in [3.63, 3.8) is 0 Å². The van der Waals surface area contributed by atoms with Gasteiger partial charge in [0.2, 0.25) is 5.82 Å². The molecule has 0 radical (unpaired) electrons. The minimum absolute atomic E-state index is 0.0271. The van der Waals surface area contributed by atoms with Crippen molar-refractivity contribution < 1.29 is 9.18 Å². The van der Waals surface area contributed by atoms with Gasteiger partial charge >= 0.3 is 6.03 Å². The van der Waals surface area contributed by atoms with Crippen LogP contribution in [0.3, 0.4) is 0 Å². The molecule has 2 N–H and O–H groups in total. The van der Waals surface area contributed by atoms with Gasteiger partial charge in [-0.25, -0.2) is 14.2 Å². The third-order valence-electron chi connectivity index (χ3n) is 5.14. The van der Waals surface area contributed by atoms with Crippen LogP contribution in [-0.4, -0.2) is 38.6 Å². The van der Waals surface area contributed by atoms with Gasteiger partial charge in [0.1, 0.15) is 5.82 Å². The number of fused-ring (bicyclic) bond motifs is 1. The molecule has 1 saturated heterocycles. The van der Waals surface area contributed by atoms with Crippen LogP contribution in [0.25, 0.3) is 10.9 Å². The number of hydrogen-bond donors (Lipinski definition) is 2. The van der Waals surface area contributed by atoms with Crippen molar-refractivity contribution in [2.24, 2.45) is 7.05 Å². The number of H-pyrrole nitrogens is 1. The van der Waals surface area contributed by atoms with E-state index in [2.05, 4.69) is 15.3 Å². The molecule has 0 saturated carbocycles. The summed E-state index contributed by atoms with van der Waals surface area (Å²) in [6, 6.07) is 4.41. The minimum atomic E-state index is -0.346. The van der Waals surface area contributed by atoms with Crippen molar-refractivity contribution in [1.29, 1.82) is 0 Å². The summed E-state index contributed by atoms with van der Waals surface area (Å²) in [6.45, 7) is 1.12. The highest BCUT2D eigenvalue weighted by molar-refractivity contribution is 5.88. The van der Waals surface area contributed by atoms with Crippen LogP contribution < -0.4 is 10.9 Å². The summed E-state index contributed by atoms with van der Waals surface area (Å²) in [7, 11) is 1.61. The van der Waals surface area contributed by atoms with Gasteiger partial charge in [0.15, 0.2) is 0 Å². The number of amides is 2. The van der Waals surface area contributed by atoms with Gasteiger partial charge in [0.25, 0.3) is 5.56 Å². The maximum Gasteiger partial charge on any atom is 0.323 e. The van der Waals surface area contributed by atoms with Crippen LogP contribution in [0.15, 0.2) is 41.6 Å². The first-order valence-electron chi connectivity index (χ1n) is 8.87. The molecule has 3 aromatic rings. The molecule has 7 nitrogen and oxygen atoms in total. The summed E-state index contributed by atoms with van der Waals surface area (Å²) in [5, 5.41) is 3.49. The lowest BCUT2D eigenvalue weighted by Gasteiger charge is -2.31. The lowest BCUT2D eigenvalue weighted by Crippen LogP contribution is -2.41. The van der Waals surface area contributed by atoms with E-state index in [4.69, 9.17) is 0 Å². The summed E-state index contributed by atoms with van der Waals surface area (Å²) >= 11 is 0. The summed E-state index contributed by atoms with van der Waals surface area (Å²) in [4.78, 5) is 33.2. The Hall–Kier alpha value is -3.16. The Morgan fingerprint density at radius 2 is 2.11 bits per heavy atom. The van der Waals surface area contributed by atoms with E-state index < -0.39 is 0 Å². The van der Waals surface area contributed by atoms with Gasteiger partial charge in [-0.3, -0.25) is 10.1 Å². The highest BCUT2D eigenvalue weighted by atomic mass is 19.1. The number of carbonyl (C=O) groups excluding carboxylic acids is 1. The fraction of sp³-hybridized carbons (Fsp3) is 0.316. The van der Waals surface area contributed by atoms with Gasteiger partial charge in [-0.05, 0) is 42.5 Å². The summed E-state index contributed by atoms with van der Waals surface area (Å²) in [5.74, 6) is 0.0312. The van der Waals surface area contributed by atoms with Crippen molar-refractivity contribution in [2.75, 3.05) is 18.4 Å². The summed E-state index contributed by atoms with van der Waals surface area (Å²) in [5.41, 5.74) is 1.65. The standard InChI is InChI=1S/C19H20FN5O2/c1-24-9-6-21-17(18(24)26)23-19(27)25-7-4-12(5-8-25)15-11-22-16-3-2-13(20)10-14(15)16/h2-3,6,9-12,22H,4-5,7-8H2,1H3,(H,21,23,27). The Bertz CT molecular complexity index is 1050. The lowest BCUT2D eigenvalue weighted by molar-refractivity contribution is 0.194. The van der Waals surface area contributed by atoms with Crippen LogP contribution in [0.5, 0.6) is 0 Å². The Labute approximate surface area is 154 Å². The number of nitrogens with one attached hydrogen (secondary N) is 2. The number of rotatable bonds is 2. The van der Waals surface area contributed by atoms with Gasteiger partial charge in [0, 0.05) is 49.6 Å². The van der Waals surface area contributed by atoms with Gasteiger partial charge in [-0.2, -0.15) is 0 Å². The fourth-order valence-electron chi connectivity index (χ4n) is 3.61. The fourth-order valence-corrected chi connectivity index (χ4v) is 3.61. The number of halogens is 1. The quantitative estimate of drug-likeness (QED) is 0.729. The average molecular weight is 369 g/mol. The van der Waals surface area contributed by atoms with Crippen molar-refractivity contribution in [2.45, 2.75) is 18.8 Å². The first-order valence-corrected chi connectivity index (χ1v) is 8.87. The molecular weight excluding hydrogens is 349 g/mol. The number of aromatic nitrogens is 3. The van der Waals surface area contributed by atoms with Gasteiger partial charge in [0.05, 0.1) is 0 Å². The van der Waals surface area contributed by atoms with E-state index in [1.165, 1.54) is 23.0 Å². The number of benzene rings is 1. The van der Waals surface area contributed by atoms with E-state index in [-0.39, 0.29) is 29.1 Å². The van der Waals surface area contributed by atoms with Gasteiger partial charge < -0.3 is 14.5 Å². The molecule has 4 rings (SSSR count). The monoisotopic (exact) mass is 369 g/mol. The van der Waals surface area contributed by atoms with E-state index >= 15 is 0 Å². The molecule has 1 aliphatic heterocycles. The Morgan fingerprint density at radius 1 is 1.33 bits per heavy atom. The Kier molecular flexibility index (Phi) is 4.39. The number of aromatic amines is 1. The number of nitrogens with zero attached hydrogens (tertiary/aromatic N) is 3. The molecule has 0 spiro atoms. The molecule has 0 bridgehead atoms. The molecule has 3 heterocycles. The first-order chi connectivity index (χ1) is 13.0. The lowest BCUT2D eigenvalue weighted by atomic mass is 9.89. The SMILES string of the molecule is Cn1ccnc(NC(=O)N2CCC(c3c[nH]c4ccc(F)cc34)CC2)c1=O. The summed E-state index contributed by atoms with van der Waals surface area (Å²) < 4.78 is 15.0. The van der Waals surface area contributed by atoms with Crippen LogP contribution >= 0.6 is 0 Å². The molecule has 0 atom stereocenters. The number of aryl methyl sites for hydroxylation is 1. The van der Waals surface area contributed by atoms with Crippen LogP contribution in [-0.2, 0) is 7.05 Å². The molecule has 8 heteroatoms. The van der Waals surface area contributed by atoms with Crippen molar-refractivity contribution >= 4 is 22.8 Å². The second kappa shape index (κ2) is 6.86. The molecular formula is C19H20FN5O2. The second-order valence-electron chi connectivity index (χ2n) is 6.82. The van der Waals surface area contributed by atoms with Crippen molar-refractivity contribution in [3.8, 4) is 0 Å². The van der Waals surface area contributed by atoms with E-state index in [1.807, 2.05) is 6.20 Å². The molecule has 2 aromatic heterocycles. The molecule has 0 unspecified atom stereocenters. The van der Waals surface area contributed by atoms with Crippen LogP contribution in [0, 0.1) is 5.82 Å². The number of likely N-dealkylation sites (tertiary alicyclic amines) is 1. The zero-order chi connectivity index (χ0) is 19.0. The predicted octanol–water partition coefficient (Wildman–Crippen LogP) is 2.81. The molecule has 0 aliphatic carbocycles. The topological polar surface area (TPSA) is 83.0 Å². The highest BCUT2D eigenvalue weighted by Crippen LogP contribution is 2.33. The van der Waals surface area contributed by atoms with Crippen LogP contribution in [0.4, 0.5) is 15.0 Å². The van der Waals surface area contributed by atoms with E-state index in [0.717, 1.165) is 29.3 Å². The van der Waals surface area contributed by atoms with Gasteiger partial charge in [-0.1, -0.05) is 0 Å². The highest BCUT2D eigenvalue weighted by Gasteiger charge is 2.26. The zero-order valence-electron chi connectivity index (χ0n) is 14.9. The molecule has 27 heavy (non-hydrogen) atoms. The number of carbonyl (C=O) groups is 1. The van der Waals surface area contributed by atoms with Crippen molar-refractivity contribution in [1.82, 2.24) is 19.4 Å². The number of piperidine rings is 1. The maximum atomic E-state index is 13.6. The average Bonchev–Trinajstić information content (AvgIpc) is 3.08. The maximum absolute atomic E-state index is 13.6. The van der Waals surface area contributed by atoms with E-state index in [9.17, 15) is 14.0 Å². The molecule has 1 aliphatic rings. The zero-order valence-corrected chi connectivity index (χ0v) is 14.9. The third-order valence-corrected chi connectivity index (χ3v) is 5.14. The smallest absolute Gasteiger partial charge is 0.323 e. The van der Waals surface area contributed by atoms with Gasteiger partial charge in [-0.15, -0.1) is 0 Å². The molecule has 1 aromatic carbocycles. The van der Waals surface area contributed by atoms with E-state index in [0.29, 0.717) is 13.1 Å². The minimum Gasteiger partial charge on any atom is -0.361 e. The Morgan fingerprint density at radius 3 is 2.89 bits per heavy atom. The molecule has 140 valence electrons. The molecule has 2 amide bonds. The first kappa shape index (κ1) is 17.3. The normalized spacial score (nSPS) is 15.3. The second-order valence-corrected chi connectivity index (χ2v) is 6.82. The third kappa shape index (κ3) is 3.30. The largest absolute Gasteiger partial charge is 0.361 e. The Balaban J connectivity index is 1.44. The van der Waals surface area contributed by atoms with Crippen LogP contribution in [0.2, 0.25) is 0 Å². The summed E-state index contributed by atoms with van der Waals surface area (Å²) in [6.07, 6.45) is 6.49. The molecule has 1 fully saturated rings.